The van der Waals surface area contributed by atoms with E-state index in [0.717, 1.165) is 11.4 Å². The molecule has 118 valence electrons. The van der Waals surface area contributed by atoms with Crippen molar-refractivity contribution in [3.8, 4) is 0 Å². The van der Waals surface area contributed by atoms with E-state index in [1.54, 1.807) is 11.1 Å². The van der Waals surface area contributed by atoms with Gasteiger partial charge >= 0.3 is 6.03 Å². The van der Waals surface area contributed by atoms with E-state index in [0.29, 0.717) is 19.5 Å². The van der Waals surface area contributed by atoms with Crippen LogP contribution in [0.15, 0.2) is 54.7 Å². The lowest BCUT2D eigenvalue weighted by molar-refractivity contribution is -0.117. The van der Waals surface area contributed by atoms with E-state index in [4.69, 9.17) is 0 Å². The van der Waals surface area contributed by atoms with Gasteiger partial charge in [-0.1, -0.05) is 24.3 Å². The second kappa shape index (κ2) is 6.91. The number of anilines is 1. The summed E-state index contributed by atoms with van der Waals surface area (Å²) in [6.45, 7) is 0.843. The van der Waals surface area contributed by atoms with Crippen molar-refractivity contribution in [2.75, 3.05) is 11.4 Å². The average molecular weight is 310 g/mol. The van der Waals surface area contributed by atoms with Crippen LogP contribution < -0.4 is 15.5 Å². The van der Waals surface area contributed by atoms with Gasteiger partial charge in [0, 0.05) is 24.8 Å². The molecule has 6 heteroatoms. The zero-order valence-corrected chi connectivity index (χ0v) is 12.6. The SMILES string of the molecule is O=C(NCc1ccccn1)NC1CC(=O)N(c2ccccc2)C1. The summed E-state index contributed by atoms with van der Waals surface area (Å²) in [4.78, 5) is 29.9. The number of aromatic nitrogens is 1. The maximum atomic E-state index is 12.1. The van der Waals surface area contributed by atoms with Crippen LogP contribution in [0.5, 0.6) is 0 Å². The molecular weight excluding hydrogens is 292 g/mol. The first kappa shape index (κ1) is 15.0. The summed E-state index contributed by atoms with van der Waals surface area (Å²) in [5.74, 6) is 0.0197. The minimum Gasteiger partial charge on any atom is -0.333 e. The van der Waals surface area contributed by atoms with Crippen molar-refractivity contribution in [1.29, 1.82) is 0 Å². The van der Waals surface area contributed by atoms with E-state index in [1.807, 2.05) is 48.5 Å². The van der Waals surface area contributed by atoms with E-state index in [2.05, 4.69) is 15.6 Å². The molecule has 0 saturated carbocycles. The maximum Gasteiger partial charge on any atom is 0.315 e. The molecule has 1 atom stereocenters. The molecule has 6 nitrogen and oxygen atoms in total. The summed E-state index contributed by atoms with van der Waals surface area (Å²) in [6, 6.07) is 14.5. The van der Waals surface area contributed by atoms with Gasteiger partial charge in [-0.3, -0.25) is 9.78 Å². The Morgan fingerprint density at radius 1 is 1.17 bits per heavy atom. The molecule has 1 aliphatic rings. The van der Waals surface area contributed by atoms with Crippen LogP contribution in [0.3, 0.4) is 0 Å². The number of carbonyl (C=O) groups excluding carboxylic acids is 2. The van der Waals surface area contributed by atoms with Gasteiger partial charge in [-0.05, 0) is 24.3 Å². The van der Waals surface area contributed by atoms with Gasteiger partial charge in [-0.2, -0.15) is 0 Å². The summed E-state index contributed by atoms with van der Waals surface area (Å²) in [7, 11) is 0. The quantitative estimate of drug-likeness (QED) is 0.902. The number of benzene rings is 1. The molecule has 0 aliphatic carbocycles. The minimum absolute atomic E-state index is 0.0197. The Labute approximate surface area is 134 Å². The van der Waals surface area contributed by atoms with Crippen molar-refractivity contribution < 1.29 is 9.59 Å². The summed E-state index contributed by atoms with van der Waals surface area (Å²) < 4.78 is 0. The standard InChI is InChI=1S/C17H18N4O2/c22-16-10-14(12-21(16)15-7-2-1-3-8-15)20-17(23)19-11-13-6-4-5-9-18-13/h1-9,14H,10-12H2,(H2,19,20,23). The van der Waals surface area contributed by atoms with Crippen molar-refractivity contribution in [3.63, 3.8) is 0 Å². The molecule has 1 aromatic carbocycles. The van der Waals surface area contributed by atoms with Crippen LogP contribution in [0.25, 0.3) is 0 Å². The highest BCUT2D eigenvalue weighted by molar-refractivity contribution is 5.96. The number of urea groups is 1. The fourth-order valence-corrected chi connectivity index (χ4v) is 2.57. The molecule has 1 unspecified atom stereocenters. The monoisotopic (exact) mass is 310 g/mol. The Morgan fingerprint density at radius 2 is 1.96 bits per heavy atom. The van der Waals surface area contributed by atoms with Crippen molar-refractivity contribution in [2.45, 2.75) is 19.0 Å². The molecule has 1 fully saturated rings. The van der Waals surface area contributed by atoms with Crippen LogP contribution in [0.2, 0.25) is 0 Å². The first-order valence-corrected chi connectivity index (χ1v) is 7.52. The number of rotatable bonds is 4. The molecule has 0 radical (unpaired) electrons. The van der Waals surface area contributed by atoms with E-state index in [9.17, 15) is 9.59 Å². The molecule has 2 N–H and O–H groups in total. The average Bonchev–Trinajstić information content (AvgIpc) is 2.95. The number of carbonyl (C=O) groups is 2. The van der Waals surface area contributed by atoms with E-state index < -0.39 is 0 Å². The maximum absolute atomic E-state index is 12.1. The molecule has 23 heavy (non-hydrogen) atoms. The zero-order chi connectivity index (χ0) is 16.1. The van der Waals surface area contributed by atoms with E-state index >= 15 is 0 Å². The normalized spacial score (nSPS) is 17.1. The number of amides is 3. The summed E-state index contributed by atoms with van der Waals surface area (Å²) >= 11 is 0. The molecule has 1 saturated heterocycles. The van der Waals surface area contributed by atoms with Gasteiger partial charge in [0.05, 0.1) is 18.3 Å². The predicted molar refractivity (Wildman–Crippen MR) is 86.8 cm³/mol. The van der Waals surface area contributed by atoms with Gasteiger partial charge < -0.3 is 15.5 Å². The molecule has 2 aromatic rings. The summed E-state index contributed by atoms with van der Waals surface area (Å²) in [5.41, 5.74) is 1.65. The first-order valence-electron chi connectivity index (χ1n) is 7.52. The van der Waals surface area contributed by atoms with Gasteiger partial charge in [-0.15, -0.1) is 0 Å². The lowest BCUT2D eigenvalue weighted by Crippen LogP contribution is -2.43. The number of hydrogen-bond donors (Lipinski definition) is 2. The second-order valence-electron chi connectivity index (χ2n) is 5.39. The Kier molecular flexibility index (Phi) is 4.52. The van der Waals surface area contributed by atoms with Crippen LogP contribution in [0.4, 0.5) is 10.5 Å². The highest BCUT2D eigenvalue weighted by Crippen LogP contribution is 2.20. The molecule has 1 aromatic heterocycles. The van der Waals surface area contributed by atoms with Crippen LogP contribution in [0, 0.1) is 0 Å². The number of pyridine rings is 1. The Morgan fingerprint density at radius 3 is 2.70 bits per heavy atom. The topological polar surface area (TPSA) is 74.3 Å². The van der Waals surface area contributed by atoms with Crippen molar-refractivity contribution >= 4 is 17.6 Å². The van der Waals surface area contributed by atoms with Crippen molar-refractivity contribution in [3.05, 3.63) is 60.4 Å². The van der Waals surface area contributed by atoms with Gasteiger partial charge in [0.1, 0.15) is 0 Å². The molecule has 3 rings (SSSR count). The Hall–Kier alpha value is -2.89. The van der Waals surface area contributed by atoms with Gasteiger partial charge in [0.15, 0.2) is 0 Å². The largest absolute Gasteiger partial charge is 0.333 e. The minimum atomic E-state index is -0.289. The third-order valence-electron chi connectivity index (χ3n) is 3.68. The summed E-state index contributed by atoms with van der Waals surface area (Å²) in [6.07, 6.45) is 1.99. The second-order valence-corrected chi connectivity index (χ2v) is 5.39. The molecule has 0 bridgehead atoms. The lowest BCUT2D eigenvalue weighted by atomic mass is 10.2. The third-order valence-corrected chi connectivity index (χ3v) is 3.68. The molecular formula is C17H18N4O2. The number of para-hydroxylation sites is 1. The third kappa shape index (κ3) is 3.85. The zero-order valence-electron chi connectivity index (χ0n) is 12.6. The molecule has 1 aliphatic heterocycles. The van der Waals surface area contributed by atoms with Crippen molar-refractivity contribution in [1.82, 2.24) is 15.6 Å². The van der Waals surface area contributed by atoms with E-state index in [-0.39, 0.29) is 18.0 Å². The van der Waals surface area contributed by atoms with Gasteiger partial charge in [0.25, 0.3) is 0 Å². The van der Waals surface area contributed by atoms with E-state index in [1.165, 1.54) is 0 Å². The van der Waals surface area contributed by atoms with Crippen molar-refractivity contribution in [2.24, 2.45) is 0 Å². The smallest absolute Gasteiger partial charge is 0.315 e. The fraction of sp³-hybridized carbons (Fsp3) is 0.235. The Balaban J connectivity index is 1.51. The van der Waals surface area contributed by atoms with Gasteiger partial charge in [-0.25, -0.2) is 4.79 Å². The number of hydrogen-bond acceptors (Lipinski definition) is 3. The van der Waals surface area contributed by atoms with Crippen LogP contribution in [-0.2, 0) is 11.3 Å². The highest BCUT2D eigenvalue weighted by atomic mass is 16.2. The number of nitrogens with zero attached hydrogens (tertiary/aromatic N) is 2. The molecule has 0 spiro atoms. The lowest BCUT2D eigenvalue weighted by Gasteiger charge is -2.17. The Bertz CT molecular complexity index is 676. The first-order chi connectivity index (χ1) is 11.2. The molecule has 2 heterocycles. The van der Waals surface area contributed by atoms with Crippen LogP contribution in [-0.4, -0.2) is 29.5 Å². The molecule has 3 amide bonds. The predicted octanol–water partition coefficient (Wildman–Crippen LogP) is 1.69. The van der Waals surface area contributed by atoms with Crippen LogP contribution >= 0.6 is 0 Å². The van der Waals surface area contributed by atoms with Crippen LogP contribution in [0.1, 0.15) is 12.1 Å². The fourth-order valence-electron chi connectivity index (χ4n) is 2.57. The summed E-state index contributed by atoms with van der Waals surface area (Å²) in [5, 5.41) is 5.59. The highest BCUT2D eigenvalue weighted by Gasteiger charge is 2.31. The number of nitrogens with one attached hydrogen (secondary N) is 2. The van der Waals surface area contributed by atoms with Gasteiger partial charge in [0.2, 0.25) is 5.91 Å².